The van der Waals surface area contributed by atoms with Crippen LogP contribution in [0.25, 0.3) is 17.1 Å². The second-order valence-electron chi connectivity index (χ2n) is 3.96. The molecule has 0 bridgehead atoms. The van der Waals surface area contributed by atoms with Gasteiger partial charge in [-0.15, -0.1) is 0 Å². The van der Waals surface area contributed by atoms with Gasteiger partial charge < -0.3 is 5.73 Å². The predicted molar refractivity (Wildman–Crippen MR) is 66.8 cm³/mol. The fraction of sp³-hybridized carbons (Fsp3) is 0.231. The molecule has 0 aliphatic carbocycles. The molecule has 2 aromatic rings. The first-order chi connectivity index (χ1) is 7.66. The molecule has 82 valence electrons. The van der Waals surface area contributed by atoms with Gasteiger partial charge in [-0.3, -0.25) is 4.98 Å². The lowest BCUT2D eigenvalue weighted by Crippen LogP contribution is -2.15. The molecule has 1 atom stereocenters. The lowest BCUT2D eigenvalue weighted by atomic mass is 10.1. The van der Waals surface area contributed by atoms with E-state index in [9.17, 15) is 0 Å². The summed E-state index contributed by atoms with van der Waals surface area (Å²) in [6.07, 6.45) is 3.75. The molecule has 2 rings (SSSR count). The van der Waals surface area contributed by atoms with E-state index < -0.39 is 0 Å². The summed E-state index contributed by atoms with van der Waals surface area (Å²) in [7, 11) is 0. The SMILES string of the molecule is C/C(=C\c1cnc2ccccc2n1)C(C)N. The Balaban J connectivity index is 2.44. The van der Waals surface area contributed by atoms with Crippen molar-refractivity contribution in [1.82, 2.24) is 9.97 Å². The van der Waals surface area contributed by atoms with E-state index >= 15 is 0 Å². The van der Waals surface area contributed by atoms with E-state index in [1.165, 1.54) is 0 Å². The molecule has 0 fully saturated rings. The summed E-state index contributed by atoms with van der Waals surface area (Å²) in [5, 5.41) is 0. The molecular weight excluding hydrogens is 198 g/mol. The van der Waals surface area contributed by atoms with Crippen molar-refractivity contribution in [3.63, 3.8) is 0 Å². The minimum Gasteiger partial charge on any atom is -0.324 e. The zero-order chi connectivity index (χ0) is 11.5. The quantitative estimate of drug-likeness (QED) is 0.833. The molecule has 1 aromatic heterocycles. The number of benzene rings is 1. The fourth-order valence-corrected chi connectivity index (χ4v) is 1.41. The Kier molecular flexibility index (Phi) is 2.97. The van der Waals surface area contributed by atoms with E-state index in [2.05, 4.69) is 9.97 Å². The second-order valence-corrected chi connectivity index (χ2v) is 3.96. The van der Waals surface area contributed by atoms with E-state index in [4.69, 9.17) is 5.73 Å². The largest absolute Gasteiger partial charge is 0.324 e. The zero-order valence-corrected chi connectivity index (χ0v) is 9.51. The molecule has 0 aliphatic heterocycles. The Hall–Kier alpha value is -1.74. The molecule has 1 heterocycles. The molecule has 1 unspecified atom stereocenters. The van der Waals surface area contributed by atoms with Crippen molar-refractivity contribution in [3.05, 3.63) is 41.7 Å². The Morgan fingerprint density at radius 3 is 2.69 bits per heavy atom. The van der Waals surface area contributed by atoms with Gasteiger partial charge in [0.05, 0.1) is 22.9 Å². The third-order valence-electron chi connectivity index (χ3n) is 2.56. The Bertz CT molecular complexity index is 529. The van der Waals surface area contributed by atoms with Crippen molar-refractivity contribution in [1.29, 1.82) is 0 Å². The Morgan fingerprint density at radius 2 is 2.00 bits per heavy atom. The topological polar surface area (TPSA) is 51.8 Å². The lowest BCUT2D eigenvalue weighted by Gasteiger charge is -2.04. The first-order valence-corrected chi connectivity index (χ1v) is 5.32. The van der Waals surface area contributed by atoms with Crippen LogP contribution in [0.2, 0.25) is 0 Å². The van der Waals surface area contributed by atoms with Crippen LogP contribution in [-0.2, 0) is 0 Å². The minimum atomic E-state index is 0.0493. The summed E-state index contributed by atoms with van der Waals surface area (Å²) in [4.78, 5) is 8.85. The first-order valence-electron chi connectivity index (χ1n) is 5.32. The predicted octanol–water partition coefficient (Wildman–Crippen LogP) is 2.38. The molecule has 0 amide bonds. The van der Waals surface area contributed by atoms with Crippen LogP contribution in [0.3, 0.4) is 0 Å². The molecule has 0 aliphatic rings. The van der Waals surface area contributed by atoms with E-state index in [0.29, 0.717) is 0 Å². The molecular formula is C13H15N3. The maximum Gasteiger partial charge on any atom is 0.0894 e. The van der Waals surface area contributed by atoms with Crippen molar-refractivity contribution in [3.8, 4) is 0 Å². The monoisotopic (exact) mass is 213 g/mol. The number of para-hydroxylation sites is 2. The maximum atomic E-state index is 5.78. The van der Waals surface area contributed by atoms with Gasteiger partial charge in [-0.25, -0.2) is 4.98 Å². The van der Waals surface area contributed by atoms with Gasteiger partial charge in [0.1, 0.15) is 0 Å². The van der Waals surface area contributed by atoms with Crippen molar-refractivity contribution < 1.29 is 0 Å². The summed E-state index contributed by atoms with van der Waals surface area (Å²) in [5.41, 5.74) is 9.56. The highest BCUT2D eigenvalue weighted by Gasteiger charge is 2.00. The average molecular weight is 213 g/mol. The van der Waals surface area contributed by atoms with Crippen LogP contribution in [0.1, 0.15) is 19.5 Å². The molecule has 3 heteroatoms. The number of nitrogens with two attached hydrogens (primary N) is 1. The van der Waals surface area contributed by atoms with Crippen molar-refractivity contribution in [2.75, 3.05) is 0 Å². The molecule has 2 N–H and O–H groups in total. The standard InChI is InChI=1S/C13H15N3/c1-9(10(2)14)7-11-8-15-12-5-3-4-6-13(12)16-11/h3-8,10H,14H2,1-2H3/b9-7+. The minimum absolute atomic E-state index is 0.0493. The van der Waals surface area contributed by atoms with Crippen LogP contribution in [0.15, 0.2) is 36.0 Å². The number of nitrogens with zero attached hydrogens (tertiary/aromatic N) is 2. The number of fused-ring (bicyclic) bond motifs is 1. The van der Waals surface area contributed by atoms with Gasteiger partial charge >= 0.3 is 0 Å². The van der Waals surface area contributed by atoms with Crippen LogP contribution in [-0.4, -0.2) is 16.0 Å². The number of hydrogen-bond acceptors (Lipinski definition) is 3. The van der Waals surface area contributed by atoms with Crippen molar-refractivity contribution in [2.24, 2.45) is 5.73 Å². The summed E-state index contributed by atoms with van der Waals surface area (Å²) in [6, 6.07) is 7.88. The van der Waals surface area contributed by atoms with Crippen LogP contribution < -0.4 is 5.73 Å². The Labute approximate surface area is 95.0 Å². The molecule has 0 saturated carbocycles. The highest BCUT2D eigenvalue weighted by atomic mass is 14.8. The molecule has 16 heavy (non-hydrogen) atoms. The average Bonchev–Trinajstić information content (AvgIpc) is 2.28. The zero-order valence-electron chi connectivity index (χ0n) is 9.51. The highest BCUT2D eigenvalue weighted by Crippen LogP contribution is 2.11. The highest BCUT2D eigenvalue weighted by molar-refractivity contribution is 5.74. The first kappa shape index (κ1) is 10.8. The smallest absolute Gasteiger partial charge is 0.0894 e. The number of rotatable bonds is 2. The molecule has 1 aromatic carbocycles. The molecule has 3 nitrogen and oxygen atoms in total. The third kappa shape index (κ3) is 2.25. The normalized spacial score (nSPS) is 14.1. The van der Waals surface area contributed by atoms with Gasteiger partial charge in [-0.05, 0) is 32.1 Å². The van der Waals surface area contributed by atoms with Crippen LogP contribution in [0.4, 0.5) is 0 Å². The maximum absolute atomic E-state index is 5.78. The Morgan fingerprint density at radius 1 is 1.31 bits per heavy atom. The molecule has 0 radical (unpaired) electrons. The van der Waals surface area contributed by atoms with Crippen molar-refractivity contribution >= 4 is 17.1 Å². The lowest BCUT2D eigenvalue weighted by molar-refractivity contribution is 0.867. The van der Waals surface area contributed by atoms with Gasteiger partial charge in [-0.2, -0.15) is 0 Å². The summed E-state index contributed by atoms with van der Waals surface area (Å²) < 4.78 is 0. The number of aromatic nitrogens is 2. The van der Waals surface area contributed by atoms with E-state index in [1.54, 1.807) is 6.20 Å². The van der Waals surface area contributed by atoms with Gasteiger partial charge in [0.15, 0.2) is 0 Å². The van der Waals surface area contributed by atoms with Gasteiger partial charge in [0.25, 0.3) is 0 Å². The molecule has 0 saturated heterocycles. The fourth-order valence-electron chi connectivity index (χ4n) is 1.41. The van der Waals surface area contributed by atoms with Crippen LogP contribution in [0, 0.1) is 0 Å². The van der Waals surface area contributed by atoms with Gasteiger partial charge in [0.2, 0.25) is 0 Å². The molecule has 0 spiro atoms. The summed E-state index contributed by atoms with van der Waals surface area (Å²) in [6.45, 7) is 3.96. The van der Waals surface area contributed by atoms with Gasteiger partial charge in [0, 0.05) is 6.04 Å². The van der Waals surface area contributed by atoms with Crippen LogP contribution in [0.5, 0.6) is 0 Å². The third-order valence-corrected chi connectivity index (χ3v) is 2.56. The van der Waals surface area contributed by atoms with Crippen LogP contribution >= 0.6 is 0 Å². The van der Waals surface area contributed by atoms with Gasteiger partial charge in [-0.1, -0.05) is 17.7 Å². The van der Waals surface area contributed by atoms with Crippen molar-refractivity contribution in [2.45, 2.75) is 19.9 Å². The summed E-state index contributed by atoms with van der Waals surface area (Å²) in [5.74, 6) is 0. The van der Waals surface area contributed by atoms with E-state index in [1.807, 2.05) is 44.2 Å². The number of hydrogen-bond donors (Lipinski definition) is 1. The summed E-state index contributed by atoms with van der Waals surface area (Å²) >= 11 is 0. The van der Waals surface area contributed by atoms with E-state index in [0.717, 1.165) is 22.3 Å². The van der Waals surface area contributed by atoms with E-state index in [-0.39, 0.29) is 6.04 Å². The second kappa shape index (κ2) is 4.41.